The van der Waals surface area contributed by atoms with E-state index in [2.05, 4.69) is 15.4 Å². The zero-order valence-electron chi connectivity index (χ0n) is 14.1. The third kappa shape index (κ3) is 3.42. The quantitative estimate of drug-likeness (QED) is 0.765. The van der Waals surface area contributed by atoms with E-state index in [4.69, 9.17) is 0 Å². The average Bonchev–Trinajstić information content (AvgIpc) is 3.07. The van der Waals surface area contributed by atoms with Gasteiger partial charge in [-0.2, -0.15) is 5.10 Å². The van der Waals surface area contributed by atoms with E-state index in [1.165, 1.54) is 18.3 Å². The molecule has 1 aromatic carbocycles. The topological polar surface area (TPSA) is 59.8 Å². The van der Waals surface area contributed by atoms with Crippen LogP contribution in [0.3, 0.4) is 0 Å². The molecule has 1 aliphatic heterocycles. The molecular formula is C19H15F3N4O. The minimum atomic E-state index is -2.73. The minimum Gasteiger partial charge on any atom is -0.352 e. The van der Waals surface area contributed by atoms with Gasteiger partial charge in [-0.3, -0.25) is 4.79 Å². The molecule has 0 saturated carbocycles. The van der Waals surface area contributed by atoms with Gasteiger partial charge in [0.25, 0.3) is 12.3 Å². The Morgan fingerprint density at radius 2 is 2.04 bits per heavy atom. The van der Waals surface area contributed by atoms with Crippen LogP contribution in [-0.4, -0.2) is 27.2 Å². The monoisotopic (exact) mass is 372 g/mol. The van der Waals surface area contributed by atoms with Gasteiger partial charge >= 0.3 is 0 Å². The Morgan fingerprint density at radius 1 is 1.19 bits per heavy atom. The zero-order chi connectivity index (χ0) is 19.0. The molecule has 1 amide bonds. The first-order chi connectivity index (χ1) is 13.0. The molecule has 0 aliphatic carbocycles. The average molecular weight is 372 g/mol. The normalized spacial score (nSPS) is 13.6. The van der Waals surface area contributed by atoms with E-state index < -0.39 is 12.2 Å². The predicted octanol–water partition coefficient (Wildman–Crippen LogP) is 3.22. The lowest BCUT2D eigenvalue weighted by Crippen LogP contribution is -2.32. The second-order valence-electron chi connectivity index (χ2n) is 6.32. The van der Waals surface area contributed by atoms with Crippen molar-refractivity contribution in [3.63, 3.8) is 0 Å². The van der Waals surface area contributed by atoms with Gasteiger partial charge in [0.1, 0.15) is 5.82 Å². The summed E-state index contributed by atoms with van der Waals surface area (Å²) in [5.41, 5.74) is 2.17. The summed E-state index contributed by atoms with van der Waals surface area (Å²) in [6.45, 7) is 0.525. The largest absolute Gasteiger partial charge is 0.352 e. The van der Waals surface area contributed by atoms with Crippen molar-refractivity contribution < 1.29 is 18.0 Å². The standard InChI is InChI=1S/C19H15F3N4O/c20-14-7-12(6-13(9-14)18(21)22)5-11-1-3-23-17(8-11)26-16-2-4-24-19(27)15(16)10-25-26/h1,3,6-10,18H,2,4-5H2,(H,24,27). The van der Waals surface area contributed by atoms with Gasteiger partial charge in [-0.25, -0.2) is 22.8 Å². The Labute approximate surface area is 152 Å². The van der Waals surface area contributed by atoms with Crippen LogP contribution in [-0.2, 0) is 12.8 Å². The van der Waals surface area contributed by atoms with Gasteiger partial charge in [-0.15, -0.1) is 0 Å². The summed E-state index contributed by atoms with van der Waals surface area (Å²) in [5, 5.41) is 7.01. The number of alkyl halides is 2. The van der Waals surface area contributed by atoms with E-state index >= 15 is 0 Å². The molecule has 0 radical (unpaired) electrons. The maximum Gasteiger partial charge on any atom is 0.263 e. The molecular weight excluding hydrogens is 357 g/mol. The van der Waals surface area contributed by atoms with Crippen LogP contribution in [0.5, 0.6) is 0 Å². The first-order valence-corrected chi connectivity index (χ1v) is 8.39. The fraction of sp³-hybridized carbons (Fsp3) is 0.211. The second kappa shape index (κ2) is 6.86. The van der Waals surface area contributed by atoms with Crippen molar-refractivity contribution in [1.29, 1.82) is 0 Å². The Kier molecular flexibility index (Phi) is 4.39. The van der Waals surface area contributed by atoms with Crippen LogP contribution in [0.1, 0.15) is 39.2 Å². The third-order valence-corrected chi connectivity index (χ3v) is 4.43. The van der Waals surface area contributed by atoms with Crippen LogP contribution in [0.25, 0.3) is 5.82 Å². The number of carbonyl (C=O) groups excluding carboxylic acids is 1. The zero-order valence-corrected chi connectivity index (χ0v) is 14.1. The Morgan fingerprint density at radius 3 is 2.85 bits per heavy atom. The Balaban J connectivity index is 1.65. The van der Waals surface area contributed by atoms with E-state index in [1.54, 1.807) is 23.0 Å². The number of hydrogen-bond acceptors (Lipinski definition) is 3. The number of nitrogens with one attached hydrogen (secondary N) is 1. The number of amides is 1. The molecule has 0 bridgehead atoms. The van der Waals surface area contributed by atoms with Gasteiger partial charge in [-0.05, 0) is 47.9 Å². The van der Waals surface area contributed by atoms with Crippen molar-refractivity contribution in [2.24, 2.45) is 0 Å². The molecule has 2 aromatic heterocycles. The van der Waals surface area contributed by atoms with Crippen molar-refractivity contribution in [1.82, 2.24) is 20.1 Å². The summed E-state index contributed by atoms with van der Waals surface area (Å²) in [7, 11) is 0. The number of fused-ring (bicyclic) bond motifs is 1. The lowest BCUT2D eigenvalue weighted by molar-refractivity contribution is 0.0945. The summed E-state index contributed by atoms with van der Waals surface area (Å²) in [6, 6.07) is 6.87. The molecule has 8 heteroatoms. The molecule has 138 valence electrons. The molecule has 0 atom stereocenters. The summed E-state index contributed by atoms with van der Waals surface area (Å²) >= 11 is 0. The van der Waals surface area contributed by atoms with Crippen molar-refractivity contribution in [3.05, 3.63) is 76.5 Å². The highest BCUT2D eigenvalue weighted by molar-refractivity contribution is 5.96. The number of benzene rings is 1. The maximum atomic E-state index is 13.6. The van der Waals surface area contributed by atoms with E-state index in [1.807, 2.05) is 0 Å². The van der Waals surface area contributed by atoms with E-state index in [0.29, 0.717) is 29.9 Å². The van der Waals surface area contributed by atoms with Crippen LogP contribution < -0.4 is 5.32 Å². The highest BCUT2D eigenvalue weighted by Gasteiger charge is 2.22. The van der Waals surface area contributed by atoms with Crippen molar-refractivity contribution in [2.75, 3.05) is 6.54 Å². The fourth-order valence-corrected chi connectivity index (χ4v) is 3.22. The third-order valence-electron chi connectivity index (χ3n) is 4.43. The van der Waals surface area contributed by atoms with E-state index in [0.717, 1.165) is 17.3 Å². The summed E-state index contributed by atoms with van der Waals surface area (Å²) in [5.74, 6) is -0.337. The van der Waals surface area contributed by atoms with E-state index in [9.17, 15) is 18.0 Å². The van der Waals surface area contributed by atoms with Crippen LogP contribution >= 0.6 is 0 Å². The SMILES string of the molecule is O=C1NCCc2c1cnn2-c1cc(Cc2cc(F)cc(C(F)F)c2)ccn1. The van der Waals surface area contributed by atoms with Gasteiger partial charge in [0.15, 0.2) is 5.82 Å². The number of pyridine rings is 1. The predicted molar refractivity (Wildman–Crippen MR) is 91.6 cm³/mol. The van der Waals surface area contributed by atoms with Crippen molar-refractivity contribution >= 4 is 5.91 Å². The summed E-state index contributed by atoms with van der Waals surface area (Å²) in [4.78, 5) is 16.2. The molecule has 3 aromatic rings. The van der Waals surface area contributed by atoms with Gasteiger partial charge in [0.05, 0.1) is 17.5 Å². The lowest BCUT2D eigenvalue weighted by Gasteiger charge is -2.14. The molecule has 0 unspecified atom stereocenters. The lowest BCUT2D eigenvalue weighted by atomic mass is 10.0. The summed E-state index contributed by atoms with van der Waals surface area (Å²) in [6.07, 6.45) is 1.26. The van der Waals surface area contributed by atoms with Crippen LogP contribution in [0.15, 0.2) is 42.7 Å². The molecule has 4 rings (SSSR count). The van der Waals surface area contributed by atoms with Gasteiger partial charge in [-0.1, -0.05) is 0 Å². The highest BCUT2D eigenvalue weighted by Crippen LogP contribution is 2.23. The Hall–Kier alpha value is -3.16. The van der Waals surface area contributed by atoms with Crippen molar-refractivity contribution in [2.45, 2.75) is 19.3 Å². The molecule has 0 saturated heterocycles. The van der Waals surface area contributed by atoms with Gasteiger partial charge < -0.3 is 5.32 Å². The van der Waals surface area contributed by atoms with E-state index in [-0.39, 0.29) is 17.9 Å². The smallest absolute Gasteiger partial charge is 0.263 e. The number of nitrogens with zero attached hydrogens (tertiary/aromatic N) is 3. The highest BCUT2D eigenvalue weighted by atomic mass is 19.3. The van der Waals surface area contributed by atoms with Gasteiger partial charge in [0, 0.05) is 24.7 Å². The van der Waals surface area contributed by atoms with Crippen molar-refractivity contribution in [3.8, 4) is 5.82 Å². The number of hydrogen-bond donors (Lipinski definition) is 1. The molecule has 27 heavy (non-hydrogen) atoms. The molecule has 3 heterocycles. The molecule has 5 nitrogen and oxygen atoms in total. The van der Waals surface area contributed by atoms with Gasteiger partial charge in [0.2, 0.25) is 0 Å². The summed E-state index contributed by atoms with van der Waals surface area (Å²) < 4.78 is 41.0. The number of rotatable bonds is 4. The fourth-order valence-electron chi connectivity index (χ4n) is 3.22. The number of aromatic nitrogens is 3. The van der Waals surface area contributed by atoms with Crippen LogP contribution in [0.4, 0.5) is 13.2 Å². The van der Waals surface area contributed by atoms with Crippen LogP contribution in [0, 0.1) is 5.82 Å². The Bertz CT molecular complexity index is 1020. The minimum absolute atomic E-state index is 0.169. The second-order valence-corrected chi connectivity index (χ2v) is 6.32. The molecule has 1 N–H and O–H groups in total. The first kappa shape index (κ1) is 17.3. The molecule has 0 spiro atoms. The number of carbonyl (C=O) groups is 1. The molecule has 0 fully saturated rings. The molecule has 1 aliphatic rings. The first-order valence-electron chi connectivity index (χ1n) is 8.39. The van der Waals surface area contributed by atoms with Crippen LogP contribution in [0.2, 0.25) is 0 Å². The maximum absolute atomic E-state index is 13.6. The number of halogens is 3.